The van der Waals surface area contributed by atoms with Crippen molar-refractivity contribution in [3.63, 3.8) is 0 Å². The average Bonchev–Trinajstić information content (AvgIpc) is 2.64. The summed E-state index contributed by atoms with van der Waals surface area (Å²) in [5.74, 6) is 0.992. The van der Waals surface area contributed by atoms with Crippen molar-refractivity contribution < 1.29 is 9.64 Å². The Morgan fingerprint density at radius 2 is 1.88 bits per heavy atom. The number of ether oxygens (including phenoxy) is 1. The minimum absolute atomic E-state index is 0.562. The van der Waals surface area contributed by atoms with Gasteiger partial charge in [-0.15, -0.1) is 0 Å². The summed E-state index contributed by atoms with van der Waals surface area (Å²) in [5, 5.41) is 0. The summed E-state index contributed by atoms with van der Waals surface area (Å²) in [4.78, 5) is 4.16. The van der Waals surface area contributed by atoms with Gasteiger partial charge in [0.1, 0.15) is 18.9 Å². The number of piperazine rings is 1. The molecule has 132 valence electrons. The van der Waals surface area contributed by atoms with Gasteiger partial charge in [0.25, 0.3) is 0 Å². The Labute approximate surface area is 151 Å². The summed E-state index contributed by atoms with van der Waals surface area (Å²) < 4.78 is 5.81. The van der Waals surface area contributed by atoms with Crippen LogP contribution in [-0.2, 0) is 6.54 Å². The first-order valence-corrected chi connectivity index (χ1v) is 9.14. The Morgan fingerprint density at radius 1 is 1.12 bits per heavy atom. The van der Waals surface area contributed by atoms with Crippen LogP contribution < -0.4 is 14.5 Å². The third-order valence-corrected chi connectivity index (χ3v) is 4.95. The highest BCUT2D eigenvalue weighted by Gasteiger charge is 2.22. The van der Waals surface area contributed by atoms with Gasteiger partial charge in [0, 0.05) is 11.3 Å². The molecular weight excluding hydrogens is 308 g/mol. The maximum atomic E-state index is 5.81. The number of para-hydroxylation sites is 1. The van der Waals surface area contributed by atoms with Crippen LogP contribution in [0, 0.1) is 13.8 Å². The molecular formula is C22H29N2O+. The summed E-state index contributed by atoms with van der Waals surface area (Å²) in [6.45, 7) is 14.2. The fraction of sp³-hybridized carbons (Fsp3) is 0.364. The molecule has 0 aliphatic carbocycles. The van der Waals surface area contributed by atoms with Crippen molar-refractivity contribution in [3.05, 3.63) is 71.8 Å². The molecule has 3 rings (SSSR count). The zero-order valence-corrected chi connectivity index (χ0v) is 15.4. The molecule has 0 bridgehead atoms. The van der Waals surface area contributed by atoms with Crippen LogP contribution in [0.4, 0.5) is 5.69 Å². The molecule has 0 spiro atoms. The van der Waals surface area contributed by atoms with Gasteiger partial charge >= 0.3 is 0 Å². The van der Waals surface area contributed by atoms with E-state index in [4.69, 9.17) is 4.74 Å². The lowest BCUT2D eigenvalue weighted by Gasteiger charge is -2.34. The lowest BCUT2D eigenvalue weighted by Crippen LogP contribution is -3.13. The van der Waals surface area contributed by atoms with Gasteiger partial charge in [0.15, 0.2) is 0 Å². The molecule has 0 atom stereocenters. The maximum Gasteiger partial charge on any atom is 0.128 e. The normalized spacial score (nSPS) is 15.2. The van der Waals surface area contributed by atoms with E-state index in [1.807, 2.05) is 6.07 Å². The van der Waals surface area contributed by atoms with Crippen LogP contribution in [0.2, 0.25) is 0 Å². The van der Waals surface area contributed by atoms with Gasteiger partial charge in [-0.2, -0.15) is 0 Å². The molecule has 1 aliphatic rings. The number of hydrogen-bond donors (Lipinski definition) is 1. The molecule has 2 aromatic carbocycles. The molecule has 0 saturated carbocycles. The fourth-order valence-corrected chi connectivity index (χ4v) is 3.51. The van der Waals surface area contributed by atoms with E-state index >= 15 is 0 Å². The fourth-order valence-electron chi connectivity index (χ4n) is 3.51. The molecule has 0 unspecified atom stereocenters. The van der Waals surface area contributed by atoms with Crippen LogP contribution in [0.25, 0.3) is 0 Å². The van der Waals surface area contributed by atoms with E-state index in [9.17, 15) is 0 Å². The highest BCUT2D eigenvalue weighted by Crippen LogP contribution is 2.21. The predicted octanol–water partition coefficient (Wildman–Crippen LogP) is 2.77. The minimum Gasteiger partial charge on any atom is -0.489 e. The maximum absolute atomic E-state index is 5.81. The number of nitrogens with one attached hydrogen (secondary N) is 1. The average molecular weight is 337 g/mol. The first-order valence-electron chi connectivity index (χ1n) is 9.14. The zero-order chi connectivity index (χ0) is 17.6. The molecule has 1 aliphatic heterocycles. The molecule has 0 aromatic heterocycles. The molecule has 1 saturated heterocycles. The summed E-state index contributed by atoms with van der Waals surface area (Å²) in [6.07, 6.45) is 1.80. The molecule has 1 N–H and O–H groups in total. The first-order chi connectivity index (χ1) is 12.2. The third-order valence-electron chi connectivity index (χ3n) is 4.95. The van der Waals surface area contributed by atoms with Crippen molar-refractivity contribution in [1.82, 2.24) is 0 Å². The molecule has 2 aromatic rings. The van der Waals surface area contributed by atoms with Crippen LogP contribution in [0.1, 0.15) is 16.7 Å². The lowest BCUT2D eigenvalue weighted by atomic mass is 10.1. The quantitative estimate of drug-likeness (QED) is 0.817. The van der Waals surface area contributed by atoms with Gasteiger partial charge < -0.3 is 14.5 Å². The van der Waals surface area contributed by atoms with Crippen molar-refractivity contribution in [2.45, 2.75) is 20.4 Å². The highest BCUT2D eigenvalue weighted by molar-refractivity contribution is 5.55. The van der Waals surface area contributed by atoms with Crippen molar-refractivity contribution in [3.8, 4) is 5.75 Å². The molecule has 25 heavy (non-hydrogen) atoms. The SMILES string of the molecule is C=CCOc1ccccc1C[NH+]1CCN(c2cc(C)ccc2C)CC1. The van der Waals surface area contributed by atoms with Gasteiger partial charge in [-0.25, -0.2) is 0 Å². The van der Waals surface area contributed by atoms with Crippen molar-refractivity contribution in [2.24, 2.45) is 0 Å². The van der Waals surface area contributed by atoms with Gasteiger partial charge in [-0.3, -0.25) is 0 Å². The van der Waals surface area contributed by atoms with Crippen molar-refractivity contribution in [1.29, 1.82) is 0 Å². The number of benzene rings is 2. The van der Waals surface area contributed by atoms with Crippen LogP contribution >= 0.6 is 0 Å². The Bertz CT molecular complexity index is 718. The Kier molecular flexibility index (Phi) is 5.77. The summed E-state index contributed by atoms with van der Waals surface area (Å²) in [7, 11) is 0. The van der Waals surface area contributed by atoms with Gasteiger partial charge in [0.2, 0.25) is 0 Å². The van der Waals surface area contributed by atoms with Crippen LogP contribution in [0.3, 0.4) is 0 Å². The minimum atomic E-state index is 0.562. The largest absolute Gasteiger partial charge is 0.489 e. The number of rotatable bonds is 6. The number of anilines is 1. The second-order valence-corrected chi connectivity index (χ2v) is 6.91. The second kappa shape index (κ2) is 8.21. The van der Waals surface area contributed by atoms with Crippen LogP contribution in [0.15, 0.2) is 55.1 Å². The van der Waals surface area contributed by atoms with E-state index < -0.39 is 0 Å². The van der Waals surface area contributed by atoms with E-state index in [2.05, 4.69) is 61.7 Å². The number of aryl methyl sites for hydroxylation is 2. The molecule has 1 heterocycles. The Morgan fingerprint density at radius 3 is 2.64 bits per heavy atom. The van der Waals surface area contributed by atoms with Crippen LogP contribution in [0.5, 0.6) is 5.75 Å². The van der Waals surface area contributed by atoms with Gasteiger partial charge in [-0.1, -0.05) is 36.9 Å². The smallest absolute Gasteiger partial charge is 0.128 e. The van der Waals surface area contributed by atoms with Crippen molar-refractivity contribution >= 4 is 5.69 Å². The summed E-state index contributed by atoms with van der Waals surface area (Å²) in [6, 6.07) is 15.1. The molecule has 0 amide bonds. The van der Waals surface area contributed by atoms with E-state index in [1.54, 1.807) is 11.0 Å². The van der Waals surface area contributed by atoms with Crippen molar-refractivity contribution in [2.75, 3.05) is 37.7 Å². The number of hydrogen-bond acceptors (Lipinski definition) is 2. The summed E-state index contributed by atoms with van der Waals surface area (Å²) in [5.41, 5.74) is 5.40. The highest BCUT2D eigenvalue weighted by atomic mass is 16.5. The van der Waals surface area contributed by atoms with E-state index in [1.165, 1.54) is 22.4 Å². The van der Waals surface area contributed by atoms with Crippen LogP contribution in [-0.4, -0.2) is 32.8 Å². The molecule has 0 radical (unpaired) electrons. The number of quaternary nitrogens is 1. The standard InChI is InChI=1S/C22H28N2O/c1-4-15-25-22-8-6-5-7-20(22)17-23-11-13-24(14-12-23)21-16-18(2)9-10-19(21)3/h4-10,16H,1,11-15,17H2,2-3H3/p+1. The van der Waals surface area contributed by atoms with E-state index in [0.29, 0.717) is 6.61 Å². The molecule has 3 nitrogen and oxygen atoms in total. The Hall–Kier alpha value is -2.26. The zero-order valence-electron chi connectivity index (χ0n) is 15.4. The second-order valence-electron chi connectivity index (χ2n) is 6.91. The van der Waals surface area contributed by atoms with Gasteiger partial charge in [-0.05, 0) is 43.2 Å². The molecule has 1 fully saturated rings. The monoisotopic (exact) mass is 337 g/mol. The predicted molar refractivity (Wildman–Crippen MR) is 105 cm³/mol. The van der Waals surface area contributed by atoms with Gasteiger partial charge in [0.05, 0.1) is 26.2 Å². The first kappa shape index (κ1) is 17.6. The van der Waals surface area contributed by atoms with E-state index in [-0.39, 0.29) is 0 Å². The Balaban J connectivity index is 1.61. The molecule has 3 heteroatoms. The third kappa shape index (κ3) is 4.43. The number of nitrogens with zero attached hydrogens (tertiary/aromatic N) is 1. The summed E-state index contributed by atoms with van der Waals surface area (Å²) >= 11 is 0. The lowest BCUT2D eigenvalue weighted by molar-refractivity contribution is -0.914. The topological polar surface area (TPSA) is 16.9 Å². The van der Waals surface area contributed by atoms with E-state index in [0.717, 1.165) is 38.5 Å².